The monoisotopic (exact) mass is 244 g/mol. The summed E-state index contributed by atoms with van der Waals surface area (Å²) in [7, 11) is 0. The number of aliphatic carboxylic acids is 1. The number of carbonyl (C=O) groups is 3. The van der Waals surface area contributed by atoms with Crippen LogP contribution in [0.3, 0.4) is 0 Å². The highest BCUT2D eigenvalue weighted by molar-refractivity contribution is 6.10. The predicted octanol–water partition coefficient (Wildman–Crippen LogP) is 0.183. The molecular formula is C11H20N2O4. The number of carboxylic acids is 1. The quantitative estimate of drug-likeness (QED) is 0.394. The van der Waals surface area contributed by atoms with E-state index in [-0.39, 0.29) is 6.42 Å². The summed E-state index contributed by atoms with van der Waals surface area (Å²) in [5, 5.41) is 8.90. The summed E-state index contributed by atoms with van der Waals surface area (Å²) in [6, 6.07) is 0. The molecule has 0 saturated carbocycles. The van der Waals surface area contributed by atoms with Crippen molar-refractivity contribution >= 4 is 17.7 Å². The van der Waals surface area contributed by atoms with Crippen LogP contribution in [-0.4, -0.2) is 28.3 Å². The van der Waals surface area contributed by atoms with Gasteiger partial charge in [-0.2, -0.15) is 0 Å². The molecule has 0 spiro atoms. The molecule has 0 saturated heterocycles. The molecule has 0 aliphatic rings. The first-order valence-corrected chi connectivity index (χ1v) is 5.68. The van der Waals surface area contributed by atoms with Crippen molar-refractivity contribution in [2.45, 2.75) is 51.0 Å². The lowest BCUT2D eigenvalue weighted by molar-refractivity contribution is -0.150. The fourth-order valence-electron chi connectivity index (χ4n) is 1.50. The normalized spacial score (nSPS) is 14.0. The van der Waals surface area contributed by atoms with E-state index in [1.807, 2.05) is 6.92 Å². The van der Waals surface area contributed by atoms with E-state index in [1.54, 1.807) is 0 Å². The van der Waals surface area contributed by atoms with Crippen LogP contribution in [0.5, 0.6) is 0 Å². The molecule has 0 rings (SSSR count). The fraction of sp³-hybridized carbons (Fsp3) is 0.727. The molecule has 0 aliphatic heterocycles. The molecule has 0 fully saturated rings. The number of primary amides is 1. The zero-order valence-electron chi connectivity index (χ0n) is 10.1. The first-order valence-electron chi connectivity index (χ1n) is 5.68. The summed E-state index contributed by atoms with van der Waals surface area (Å²) < 4.78 is 0. The summed E-state index contributed by atoms with van der Waals surface area (Å²) >= 11 is 0. The fourth-order valence-corrected chi connectivity index (χ4v) is 1.50. The molecular weight excluding hydrogens is 224 g/mol. The third-order valence-electron chi connectivity index (χ3n) is 2.59. The lowest BCUT2D eigenvalue weighted by Crippen LogP contribution is -2.57. The SMILES string of the molecule is CCCCCCC(=O)[C@@](N)(CC(N)=O)C(=O)O. The standard InChI is InChI=1S/C11H20N2O4/c1-2-3-4-5-6-8(14)11(13,10(16)17)7-9(12)15/h2-7,13H2,1H3,(H2,12,15)(H,16,17)/t11-/m0/s1. The van der Waals surface area contributed by atoms with Crippen LogP contribution in [-0.2, 0) is 14.4 Å². The number of amides is 1. The average molecular weight is 244 g/mol. The third kappa shape index (κ3) is 4.95. The molecule has 0 heterocycles. The summed E-state index contributed by atoms with van der Waals surface area (Å²) in [4.78, 5) is 33.4. The molecule has 0 aromatic heterocycles. The lowest BCUT2D eigenvalue weighted by atomic mass is 9.88. The van der Waals surface area contributed by atoms with Gasteiger partial charge in [0.25, 0.3) is 0 Å². The second kappa shape index (κ2) is 7.01. The van der Waals surface area contributed by atoms with Crippen LogP contribution in [0, 0.1) is 0 Å². The smallest absolute Gasteiger partial charge is 0.332 e. The molecule has 0 unspecified atom stereocenters. The Hall–Kier alpha value is -1.43. The minimum atomic E-state index is -2.17. The van der Waals surface area contributed by atoms with E-state index in [2.05, 4.69) is 0 Å². The highest BCUT2D eigenvalue weighted by Gasteiger charge is 2.42. The number of carboxylic acid groups (broad SMARTS) is 1. The van der Waals surface area contributed by atoms with E-state index in [0.717, 1.165) is 19.3 Å². The molecule has 1 amide bonds. The summed E-state index contributed by atoms with van der Waals surface area (Å²) in [5.41, 5.74) is 8.18. The van der Waals surface area contributed by atoms with Crippen LogP contribution in [0.2, 0.25) is 0 Å². The van der Waals surface area contributed by atoms with Crippen molar-refractivity contribution in [1.82, 2.24) is 0 Å². The Bertz CT molecular complexity index is 304. The number of nitrogens with two attached hydrogens (primary N) is 2. The molecule has 0 aliphatic carbocycles. The minimum Gasteiger partial charge on any atom is -0.480 e. The third-order valence-corrected chi connectivity index (χ3v) is 2.59. The van der Waals surface area contributed by atoms with Crippen molar-refractivity contribution in [3.63, 3.8) is 0 Å². The molecule has 6 heteroatoms. The molecule has 0 aromatic carbocycles. The molecule has 6 nitrogen and oxygen atoms in total. The predicted molar refractivity (Wildman–Crippen MR) is 62.1 cm³/mol. The first kappa shape index (κ1) is 15.6. The maximum Gasteiger partial charge on any atom is 0.332 e. The van der Waals surface area contributed by atoms with Crippen LogP contribution < -0.4 is 11.5 Å². The Kier molecular flexibility index (Phi) is 6.42. The number of unbranched alkanes of at least 4 members (excludes halogenated alkanes) is 3. The first-order chi connectivity index (χ1) is 7.84. The van der Waals surface area contributed by atoms with Crippen LogP contribution >= 0.6 is 0 Å². The van der Waals surface area contributed by atoms with Crippen LogP contribution in [0.4, 0.5) is 0 Å². The maximum absolute atomic E-state index is 11.7. The van der Waals surface area contributed by atoms with Gasteiger partial charge in [-0.25, -0.2) is 4.79 Å². The van der Waals surface area contributed by atoms with Gasteiger partial charge in [-0.3, -0.25) is 9.59 Å². The summed E-state index contributed by atoms with van der Waals surface area (Å²) in [6.07, 6.45) is 2.83. The molecule has 1 atom stereocenters. The van der Waals surface area contributed by atoms with Gasteiger partial charge >= 0.3 is 5.97 Å². The molecule has 0 radical (unpaired) electrons. The van der Waals surface area contributed by atoms with E-state index >= 15 is 0 Å². The van der Waals surface area contributed by atoms with E-state index in [0.29, 0.717) is 6.42 Å². The Morgan fingerprint density at radius 2 is 1.76 bits per heavy atom. The number of carbonyl (C=O) groups excluding carboxylic acids is 2. The maximum atomic E-state index is 11.7. The van der Waals surface area contributed by atoms with Gasteiger partial charge in [0.1, 0.15) is 0 Å². The van der Waals surface area contributed by atoms with E-state index < -0.39 is 29.6 Å². The zero-order chi connectivity index (χ0) is 13.5. The van der Waals surface area contributed by atoms with Crippen molar-refractivity contribution < 1.29 is 19.5 Å². The zero-order valence-corrected chi connectivity index (χ0v) is 10.1. The minimum absolute atomic E-state index is 0.0656. The second-order valence-corrected chi connectivity index (χ2v) is 4.15. The van der Waals surface area contributed by atoms with E-state index in [4.69, 9.17) is 16.6 Å². The average Bonchev–Trinajstić information content (AvgIpc) is 2.22. The molecule has 5 N–H and O–H groups in total. The van der Waals surface area contributed by atoms with Gasteiger partial charge < -0.3 is 16.6 Å². The molecule has 0 bridgehead atoms. The van der Waals surface area contributed by atoms with Crippen LogP contribution in [0.1, 0.15) is 45.4 Å². The summed E-state index contributed by atoms with van der Waals surface area (Å²) in [6.45, 7) is 2.03. The second-order valence-electron chi connectivity index (χ2n) is 4.15. The van der Waals surface area contributed by atoms with Gasteiger partial charge in [0.2, 0.25) is 5.91 Å². The van der Waals surface area contributed by atoms with Crippen molar-refractivity contribution in [2.75, 3.05) is 0 Å². The topological polar surface area (TPSA) is 123 Å². The Labute approximate surface area is 100 Å². The van der Waals surface area contributed by atoms with Gasteiger partial charge in [0.05, 0.1) is 6.42 Å². The van der Waals surface area contributed by atoms with Gasteiger partial charge in [0, 0.05) is 6.42 Å². The molecule has 98 valence electrons. The van der Waals surface area contributed by atoms with Crippen LogP contribution in [0.25, 0.3) is 0 Å². The van der Waals surface area contributed by atoms with Crippen molar-refractivity contribution in [2.24, 2.45) is 11.5 Å². The highest BCUT2D eigenvalue weighted by Crippen LogP contribution is 2.14. The number of hydrogen-bond donors (Lipinski definition) is 3. The van der Waals surface area contributed by atoms with E-state index in [9.17, 15) is 14.4 Å². The number of rotatable bonds is 9. The molecule has 0 aromatic rings. The highest BCUT2D eigenvalue weighted by atomic mass is 16.4. The van der Waals surface area contributed by atoms with Crippen molar-refractivity contribution in [3.05, 3.63) is 0 Å². The van der Waals surface area contributed by atoms with E-state index in [1.165, 1.54) is 0 Å². The van der Waals surface area contributed by atoms with Crippen LogP contribution in [0.15, 0.2) is 0 Å². The Balaban J connectivity index is 4.45. The number of hydrogen-bond acceptors (Lipinski definition) is 4. The van der Waals surface area contributed by atoms with Gasteiger partial charge in [-0.15, -0.1) is 0 Å². The van der Waals surface area contributed by atoms with Crippen molar-refractivity contribution in [1.29, 1.82) is 0 Å². The van der Waals surface area contributed by atoms with Gasteiger partial charge in [0.15, 0.2) is 11.3 Å². The molecule has 17 heavy (non-hydrogen) atoms. The van der Waals surface area contributed by atoms with Gasteiger partial charge in [-0.05, 0) is 6.42 Å². The largest absolute Gasteiger partial charge is 0.480 e. The van der Waals surface area contributed by atoms with Gasteiger partial charge in [-0.1, -0.05) is 26.2 Å². The van der Waals surface area contributed by atoms with Crippen molar-refractivity contribution in [3.8, 4) is 0 Å². The Morgan fingerprint density at radius 1 is 1.18 bits per heavy atom. The summed E-state index contributed by atoms with van der Waals surface area (Å²) in [5.74, 6) is -3.03. The lowest BCUT2D eigenvalue weighted by Gasteiger charge is -2.21. The Morgan fingerprint density at radius 3 is 2.18 bits per heavy atom. The number of Topliss-reactive ketones (excluding diaryl/α,β-unsaturated/α-hetero) is 1. The number of ketones is 1.